The first kappa shape index (κ1) is 25.0. The Hall–Kier alpha value is -3.63. The molecule has 3 aromatic rings. The van der Waals surface area contributed by atoms with Gasteiger partial charge in [0, 0.05) is 29.1 Å². The molecule has 1 heterocycles. The number of nitrogens with zero attached hydrogens (tertiary/aromatic N) is 1. The first-order valence-corrected chi connectivity index (χ1v) is 12.3. The molecule has 34 heavy (non-hydrogen) atoms. The monoisotopic (exact) mass is 484 g/mol. The number of hydrazine groups is 1. The minimum absolute atomic E-state index is 0.329. The van der Waals surface area contributed by atoms with Crippen LogP contribution in [0.4, 0.5) is 0 Å². The molecular weight excluding hydrogens is 456 g/mol. The third kappa shape index (κ3) is 5.64. The first-order chi connectivity index (χ1) is 15.8. The van der Waals surface area contributed by atoms with E-state index in [0.29, 0.717) is 28.3 Å². The fourth-order valence-corrected chi connectivity index (χ4v) is 3.77. The van der Waals surface area contributed by atoms with Gasteiger partial charge in [0.1, 0.15) is 5.75 Å². The largest absolute Gasteiger partial charge is 0.496 e. The summed E-state index contributed by atoms with van der Waals surface area (Å²) in [5.41, 5.74) is 5.14. The lowest BCUT2D eigenvalue weighted by Gasteiger charge is -2.26. The van der Waals surface area contributed by atoms with E-state index < -0.39 is 21.3 Å². The minimum atomic E-state index is -3.47. The summed E-state index contributed by atoms with van der Waals surface area (Å²) in [6.07, 6.45) is 2.46. The molecule has 0 aliphatic rings. The van der Waals surface area contributed by atoms with Gasteiger partial charge in [-0.2, -0.15) is 0 Å². The smallest absolute Gasteiger partial charge is 0.332 e. The molecule has 3 rings (SSSR count). The Bertz CT molecular complexity index is 1460. The average molecular weight is 485 g/mol. The van der Waals surface area contributed by atoms with Crippen molar-refractivity contribution in [2.45, 2.75) is 26.2 Å². The molecule has 0 aliphatic carbocycles. The molecule has 0 unspecified atom stereocenters. The summed E-state index contributed by atoms with van der Waals surface area (Å²) in [5, 5.41) is 0. The SMILES string of the molecule is C=C(NNS(C)(=O)=O)c1cccc(-c2cc(-n3ccc(=O)[nH]c3=O)cc(C(C)(C)C)c2OC)c1. The fraction of sp³-hybridized carbons (Fsp3) is 0.250. The maximum absolute atomic E-state index is 12.5. The predicted octanol–water partition coefficient (Wildman–Crippen LogP) is 2.52. The second-order valence-electron chi connectivity index (χ2n) is 8.86. The predicted molar refractivity (Wildman–Crippen MR) is 133 cm³/mol. The topological polar surface area (TPSA) is 122 Å². The average Bonchev–Trinajstić information content (AvgIpc) is 2.75. The number of benzene rings is 2. The molecule has 9 nitrogen and oxygen atoms in total. The minimum Gasteiger partial charge on any atom is -0.496 e. The van der Waals surface area contributed by atoms with Gasteiger partial charge in [0.05, 0.1) is 19.1 Å². The summed E-state index contributed by atoms with van der Waals surface area (Å²) in [7, 11) is -1.88. The van der Waals surface area contributed by atoms with Crippen LogP contribution in [-0.2, 0) is 15.4 Å². The van der Waals surface area contributed by atoms with E-state index in [1.165, 1.54) is 16.8 Å². The zero-order valence-corrected chi connectivity index (χ0v) is 20.5. The van der Waals surface area contributed by atoms with E-state index in [4.69, 9.17) is 4.74 Å². The number of aromatic amines is 1. The van der Waals surface area contributed by atoms with Gasteiger partial charge < -0.3 is 10.2 Å². The van der Waals surface area contributed by atoms with Crippen LogP contribution < -0.4 is 26.2 Å². The van der Waals surface area contributed by atoms with Crippen LogP contribution >= 0.6 is 0 Å². The van der Waals surface area contributed by atoms with Gasteiger partial charge in [-0.05, 0) is 34.7 Å². The molecule has 0 radical (unpaired) electrons. The molecule has 3 N–H and O–H groups in total. The van der Waals surface area contributed by atoms with Crippen LogP contribution in [0.25, 0.3) is 22.5 Å². The van der Waals surface area contributed by atoms with Gasteiger partial charge in [-0.15, -0.1) is 4.83 Å². The number of hydrogen-bond donors (Lipinski definition) is 3. The van der Waals surface area contributed by atoms with E-state index in [2.05, 4.69) is 21.8 Å². The highest BCUT2D eigenvalue weighted by atomic mass is 32.2. The van der Waals surface area contributed by atoms with E-state index in [-0.39, 0.29) is 5.41 Å². The highest BCUT2D eigenvalue weighted by Crippen LogP contribution is 2.41. The van der Waals surface area contributed by atoms with Crippen LogP contribution in [0.5, 0.6) is 5.75 Å². The van der Waals surface area contributed by atoms with Crippen LogP contribution in [0.2, 0.25) is 0 Å². The second kappa shape index (κ2) is 9.32. The molecule has 0 amide bonds. The van der Waals surface area contributed by atoms with Gasteiger partial charge in [-0.25, -0.2) is 13.2 Å². The van der Waals surface area contributed by atoms with Crippen molar-refractivity contribution in [1.29, 1.82) is 0 Å². The molecule has 0 bridgehead atoms. The number of aromatic nitrogens is 2. The van der Waals surface area contributed by atoms with Gasteiger partial charge in [-0.3, -0.25) is 14.3 Å². The Kier molecular flexibility index (Phi) is 6.85. The lowest BCUT2D eigenvalue weighted by Crippen LogP contribution is -2.34. The van der Waals surface area contributed by atoms with E-state index in [0.717, 1.165) is 17.4 Å². The van der Waals surface area contributed by atoms with Gasteiger partial charge in [-0.1, -0.05) is 45.5 Å². The molecule has 0 fully saturated rings. The Morgan fingerprint density at radius 2 is 1.82 bits per heavy atom. The highest BCUT2D eigenvalue weighted by molar-refractivity contribution is 7.88. The van der Waals surface area contributed by atoms with Crippen molar-refractivity contribution < 1.29 is 13.2 Å². The number of hydrogen-bond acceptors (Lipinski definition) is 6. The number of sulfonamides is 1. The summed E-state index contributed by atoms with van der Waals surface area (Å²) in [6.45, 7) is 10.0. The third-order valence-electron chi connectivity index (χ3n) is 5.10. The lowest BCUT2D eigenvalue weighted by atomic mass is 9.83. The van der Waals surface area contributed by atoms with Gasteiger partial charge in [0.25, 0.3) is 5.56 Å². The van der Waals surface area contributed by atoms with Crippen LogP contribution in [0.1, 0.15) is 31.9 Å². The summed E-state index contributed by atoms with van der Waals surface area (Å²) < 4.78 is 30.0. The normalized spacial score (nSPS) is 11.8. The molecule has 0 spiro atoms. The van der Waals surface area contributed by atoms with E-state index in [1.807, 2.05) is 45.0 Å². The van der Waals surface area contributed by atoms with Crippen LogP contribution in [0, 0.1) is 0 Å². The Balaban J connectivity index is 2.22. The van der Waals surface area contributed by atoms with E-state index in [9.17, 15) is 18.0 Å². The summed E-state index contributed by atoms with van der Waals surface area (Å²) in [4.78, 5) is 28.5. The van der Waals surface area contributed by atoms with Crippen molar-refractivity contribution in [3.05, 3.63) is 87.2 Å². The highest BCUT2D eigenvalue weighted by Gasteiger charge is 2.24. The van der Waals surface area contributed by atoms with E-state index in [1.54, 1.807) is 19.2 Å². The molecule has 0 aliphatic heterocycles. The molecule has 0 saturated carbocycles. The van der Waals surface area contributed by atoms with Crippen molar-refractivity contribution in [3.8, 4) is 22.6 Å². The van der Waals surface area contributed by atoms with Crippen molar-refractivity contribution in [1.82, 2.24) is 19.8 Å². The Labute approximate surface area is 198 Å². The summed E-state index contributed by atoms with van der Waals surface area (Å²) >= 11 is 0. The molecular formula is C24H28N4O5S. The first-order valence-electron chi connectivity index (χ1n) is 10.4. The van der Waals surface area contributed by atoms with Gasteiger partial charge in [0.15, 0.2) is 0 Å². The summed E-state index contributed by atoms with van der Waals surface area (Å²) in [6, 6.07) is 12.3. The van der Waals surface area contributed by atoms with Crippen molar-refractivity contribution in [3.63, 3.8) is 0 Å². The molecule has 2 aromatic carbocycles. The quantitative estimate of drug-likeness (QED) is 0.443. The Morgan fingerprint density at radius 1 is 1.12 bits per heavy atom. The fourth-order valence-electron chi connectivity index (χ4n) is 3.47. The number of ether oxygens (including phenoxy) is 1. The van der Waals surface area contributed by atoms with Crippen LogP contribution in [0.3, 0.4) is 0 Å². The number of nitrogens with one attached hydrogen (secondary N) is 3. The summed E-state index contributed by atoms with van der Waals surface area (Å²) in [5.74, 6) is 0.638. The van der Waals surface area contributed by atoms with Crippen LogP contribution in [0.15, 0.2) is 64.8 Å². The Morgan fingerprint density at radius 3 is 2.41 bits per heavy atom. The molecule has 0 atom stereocenters. The van der Waals surface area contributed by atoms with Crippen molar-refractivity contribution in [2.75, 3.05) is 13.4 Å². The standard InChI is InChI=1S/C24H28N4O5S/c1-15(26-27-34(6,31)32)16-8-7-9-17(12-16)19-13-18(28-11-10-21(29)25-23(28)30)14-20(22(19)33-5)24(2,3)4/h7-14,26-27H,1H2,2-6H3,(H,25,29,30). The van der Waals surface area contributed by atoms with Gasteiger partial charge >= 0.3 is 5.69 Å². The van der Waals surface area contributed by atoms with Crippen molar-refractivity contribution in [2.24, 2.45) is 0 Å². The number of H-pyrrole nitrogens is 1. The van der Waals surface area contributed by atoms with Crippen molar-refractivity contribution >= 4 is 15.7 Å². The zero-order valence-electron chi connectivity index (χ0n) is 19.7. The maximum Gasteiger partial charge on any atom is 0.332 e. The lowest BCUT2D eigenvalue weighted by molar-refractivity contribution is 0.399. The molecule has 0 saturated heterocycles. The molecule has 10 heteroatoms. The van der Waals surface area contributed by atoms with Gasteiger partial charge in [0.2, 0.25) is 10.0 Å². The number of methoxy groups -OCH3 is 1. The number of rotatable bonds is 7. The van der Waals surface area contributed by atoms with Crippen LogP contribution in [-0.4, -0.2) is 31.3 Å². The zero-order chi connectivity index (χ0) is 25.3. The second-order valence-corrected chi connectivity index (χ2v) is 10.6. The molecule has 180 valence electrons. The molecule has 1 aromatic heterocycles. The maximum atomic E-state index is 12.5. The third-order valence-corrected chi connectivity index (χ3v) is 5.57. The van der Waals surface area contributed by atoms with E-state index >= 15 is 0 Å².